The largest absolute Gasteiger partial charge is 0.394 e. The van der Waals surface area contributed by atoms with E-state index in [0.717, 1.165) is 21.3 Å². The molecule has 0 spiro atoms. The summed E-state index contributed by atoms with van der Waals surface area (Å²) in [7, 11) is 0. The number of ether oxygens (including phenoxy) is 1. The second kappa shape index (κ2) is 9.25. The maximum Gasteiger partial charge on any atom is 0.333 e. The van der Waals surface area contributed by atoms with Gasteiger partial charge in [0.1, 0.15) is 24.6 Å². The molecule has 1 aromatic carbocycles. The summed E-state index contributed by atoms with van der Waals surface area (Å²) >= 11 is 0. The molecule has 0 aliphatic carbocycles. The van der Waals surface area contributed by atoms with Crippen LogP contribution in [0.5, 0.6) is 0 Å². The van der Waals surface area contributed by atoms with Crippen LogP contribution in [0.25, 0.3) is 11.2 Å². The number of aromatic nitrogens is 4. The predicted molar refractivity (Wildman–Crippen MR) is 113 cm³/mol. The minimum atomic E-state index is -1.44. The quantitative estimate of drug-likeness (QED) is 0.403. The highest BCUT2D eigenvalue weighted by molar-refractivity contribution is 5.69. The highest BCUT2D eigenvalue weighted by Crippen LogP contribution is 2.21. The summed E-state index contributed by atoms with van der Waals surface area (Å²) < 4.78 is 8.93. The highest BCUT2D eigenvalue weighted by Gasteiger charge is 2.44. The summed E-state index contributed by atoms with van der Waals surface area (Å²) in [4.78, 5) is 36.2. The lowest BCUT2D eigenvalue weighted by atomic mass is 10.1. The molecule has 172 valence electrons. The Morgan fingerprint density at radius 3 is 2.53 bits per heavy atom. The van der Waals surface area contributed by atoms with Gasteiger partial charge in [0.2, 0.25) is 0 Å². The molecule has 0 bridgehead atoms. The molecule has 1 saturated heterocycles. The van der Waals surface area contributed by atoms with E-state index in [1.807, 2.05) is 37.3 Å². The average Bonchev–Trinajstić information content (AvgIpc) is 3.34. The zero-order chi connectivity index (χ0) is 22.8. The second-order valence-corrected chi connectivity index (χ2v) is 7.72. The Labute approximate surface area is 182 Å². The Morgan fingerprint density at radius 2 is 1.88 bits per heavy atom. The molecule has 0 saturated carbocycles. The SMILES string of the molecule is CCCCn1c(=O)c2c(ncn2O[C@@H]2O[C@H](CO)[C@@H](O)[C@H]2O)n(Cc2ccccc2)c1=O. The number of nitrogens with zero attached hydrogens (tertiary/aromatic N) is 4. The zero-order valence-electron chi connectivity index (χ0n) is 17.6. The van der Waals surface area contributed by atoms with E-state index in [1.165, 1.54) is 10.9 Å². The molecule has 1 fully saturated rings. The first-order valence-corrected chi connectivity index (χ1v) is 10.5. The maximum absolute atomic E-state index is 13.2. The van der Waals surface area contributed by atoms with Gasteiger partial charge in [0, 0.05) is 6.54 Å². The van der Waals surface area contributed by atoms with Crippen molar-refractivity contribution in [2.45, 2.75) is 57.5 Å². The summed E-state index contributed by atoms with van der Waals surface area (Å²) in [6, 6.07) is 9.31. The van der Waals surface area contributed by atoms with Crippen molar-refractivity contribution in [3.05, 3.63) is 63.1 Å². The lowest BCUT2D eigenvalue weighted by molar-refractivity contribution is -0.168. The molecule has 2 aromatic heterocycles. The smallest absolute Gasteiger partial charge is 0.333 e. The lowest BCUT2D eigenvalue weighted by Gasteiger charge is -2.17. The lowest BCUT2D eigenvalue weighted by Crippen LogP contribution is -2.42. The Bertz CT molecular complexity index is 1190. The monoisotopic (exact) mass is 446 g/mol. The van der Waals surface area contributed by atoms with Crippen molar-refractivity contribution in [2.75, 3.05) is 6.61 Å². The number of hydrogen-bond donors (Lipinski definition) is 3. The fourth-order valence-electron chi connectivity index (χ4n) is 3.73. The third-order valence-corrected chi connectivity index (χ3v) is 5.52. The molecule has 11 heteroatoms. The summed E-state index contributed by atoms with van der Waals surface area (Å²) in [5.74, 6) is 0. The molecule has 32 heavy (non-hydrogen) atoms. The zero-order valence-corrected chi connectivity index (χ0v) is 17.6. The van der Waals surface area contributed by atoms with Gasteiger partial charge in [-0.25, -0.2) is 9.78 Å². The van der Waals surface area contributed by atoms with Gasteiger partial charge in [-0.1, -0.05) is 43.7 Å². The number of fused-ring (bicyclic) bond motifs is 1. The van der Waals surface area contributed by atoms with E-state index >= 15 is 0 Å². The molecule has 0 amide bonds. The number of imidazole rings is 1. The second-order valence-electron chi connectivity index (χ2n) is 7.72. The van der Waals surface area contributed by atoms with Crippen molar-refractivity contribution in [3.63, 3.8) is 0 Å². The molecular weight excluding hydrogens is 420 g/mol. The summed E-state index contributed by atoms with van der Waals surface area (Å²) in [5, 5.41) is 29.4. The van der Waals surface area contributed by atoms with Crippen LogP contribution in [0, 0.1) is 0 Å². The van der Waals surface area contributed by atoms with Gasteiger partial charge in [0.05, 0.1) is 13.2 Å². The van der Waals surface area contributed by atoms with Crippen molar-refractivity contribution in [1.82, 2.24) is 18.8 Å². The summed E-state index contributed by atoms with van der Waals surface area (Å²) in [6.45, 7) is 1.88. The first-order chi connectivity index (χ1) is 15.5. The molecule has 3 N–H and O–H groups in total. The van der Waals surface area contributed by atoms with E-state index in [4.69, 9.17) is 9.57 Å². The third-order valence-electron chi connectivity index (χ3n) is 5.52. The average molecular weight is 446 g/mol. The van der Waals surface area contributed by atoms with Gasteiger partial charge in [-0.3, -0.25) is 13.9 Å². The summed E-state index contributed by atoms with van der Waals surface area (Å²) in [6.07, 6.45) is -2.51. The summed E-state index contributed by atoms with van der Waals surface area (Å²) in [5.41, 5.74) is -0.0572. The third kappa shape index (κ3) is 3.95. The van der Waals surface area contributed by atoms with Gasteiger partial charge < -0.3 is 24.9 Å². The topological polar surface area (TPSA) is 141 Å². The minimum absolute atomic E-state index is 0.00868. The number of aliphatic hydroxyl groups excluding tert-OH is 3. The number of hydrogen-bond acceptors (Lipinski definition) is 8. The van der Waals surface area contributed by atoms with E-state index in [1.54, 1.807) is 0 Å². The van der Waals surface area contributed by atoms with Crippen molar-refractivity contribution < 1.29 is 24.9 Å². The number of aliphatic hydroxyl groups is 3. The predicted octanol–water partition coefficient (Wildman–Crippen LogP) is -0.924. The first-order valence-electron chi connectivity index (χ1n) is 10.5. The van der Waals surface area contributed by atoms with E-state index in [2.05, 4.69) is 4.98 Å². The molecule has 1 aliphatic heterocycles. The van der Waals surface area contributed by atoms with Crippen LogP contribution in [-0.4, -0.2) is 65.4 Å². The molecule has 4 rings (SSSR count). The molecule has 0 radical (unpaired) electrons. The van der Waals surface area contributed by atoms with E-state index in [0.29, 0.717) is 6.42 Å². The van der Waals surface area contributed by atoms with Crippen LogP contribution < -0.4 is 16.1 Å². The Hall–Kier alpha value is -2.99. The molecule has 1 aliphatic rings. The molecule has 0 unspecified atom stereocenters. The van der Waals surface area contributed by atoms with Crippen LogP contribution in [0.1, 0.15) is 25.3 Å². The van der Waals surface area contributed by atoms with Crippen LogP contribution in [0.3, 0.4) is 0 Å². The van der Waals surface area contributed by atoms with Gasteiger partial charge in [-0.05, 0) is 12.0 Å². The molecule has 3 heterocycles. The molecule has 4 atom stereocenters. The van der Waals surface area contributed by atoms with Crippen LogP contribution >= 0.6 is 0 Å². The molecule has 3 aromatic rings. The van der Waals surface area contributed by atoms with Crippen LogP contribution in [-0.2, 0) is 17.8 Å². The maximum atomic E-state index is 13.2. The minimum Gasteiger partial charge on any atom is -0.394 e. The number of benzene rings is 1. The number of unbranched alkanes of at least 4 members (excludes halogenated alkanes) is 1. The fraction of sp³-hybridized carbons (Fsp3) is 0.476. The van der Waals surface area contributed by atoms with Crippen molar-refractivity contribution in [1.29, 1.82) is 0 Å². The Kier molecular flexibility index (Phi) is 6.42. The van der Waals surface area contributed by atoms with Crippen LogP contribution in [0.2, 0.25) is 0 Å². The molecule has 11 nitrogen and oxygen atoms in total. The Morgan fingerprint density at radius 1 is 1.12 bits per heavy atom. The van der Waals surface area contributed by atoms with E-state index < -0.39 is 42.5 Å². The normalized spacial score (nSPS) is 23.1. The van der Waals surface area contributed by atoms with Crippen molar-refractivity contribution in [2.24, 2.45) is 0 Å². The van der Waals surface area contributed by atoms with Crippen molar-refractivity contribution >= 4 is 11.2 Å². The van der Waals surface area contributed by atoms with E-state index in [9.17, 15) is 24.9 Å². The fourth-order valence-corrected chi connectivity index (χ4v) is 3.73. The standard InChI is InChI=1S/C21H26N4O7/c1-2-3-9-23-19(29)15-18(24(21(23)30)10-13-7-5-4-6-8-13)22-12-25(15)32-20-17(28)16(27)14(11-26)31-20/h4-8,12,14,16-17,20,26-28H,2-3,9-11H2,1H3/t14-,16-,17-,20+/m1/s1. The van der Waals surface area contributed by atoms with Gasteiger partial charge in [-0.2, -0.15) is 4.73 Å². The molecular formula is C21H26N4O7. The highest BCUT2D eigenvalue weighted by atomic mass is 16.8. The van der Waals surface area contributed by atoms with Gasteiger partial charge in [-0.15, -0.1) is 0 Å². The first kappa shape index (κ1) is 22.2. The van der Waals surface area contributed by atoms with Gasteiger partial charge >= 0.3 is 5.69 Å². The Balaban J connectivity index is 1.80. The van der Waals surface area contributed by atoms with Gasteiger partial charge in [0.25, 0.3) is 11.8 Å². The number of rotatable bonds is 8. The van der Waals surface area contributed by atoms with Crippen LogP contribution in [0.15, 0.2) is 46.2 Å². The van der Waals surface area contributed by atoms with Gasteiger partial charge in [0.15, 0.2) is 11.2 Å². The van der Waals surface area contributed by atoms with E-state index in [-0.39, 0.29) is 24.3 Å². The van der Waals surface area contributed by atoms with Crippen molar-refractivity contribution in [3.8, 4) is 0 Å². The van der Waals surface area contributed by atoms with Crippen LogP contribution in [0.4, 0.5) is 0 Å².